The zero-order chi connectivity index (χ0) is 20.2. The molecule has 0 atom stereocenters. The van der Waals surface area contributed by atoms with Gasteiger partial charge < -0.3 is 10.2 Å². The fourth-order valence-electron chi connectivity index (χ4n) is 0.428. The molecular weight excluding hydrogens is 304 g/mol. The van der Waals surface area contributed by atoms with Gasteiger partial charge in [0, 0.05) is 0 Å². The van der Waals surface area contributed by atoms with E-state index in [1.54, 1.807) is 48.6 Å². The van der Waals surface area contributed by atoms with Crippen molar-refractivity contribution in [1.29, 1.82) is 0 Å². The molecule has 2 N–H and O–H groups in total. The van der Waals surface area contributed by atoms with Crippen LogP contribution in [-0.2, 0) is 9.59 Å². The largest absolute Gasteiger partial charge is 0.508 e. The summed E-state index contributed by atoms with van der Waals surface area (Å²) >= 11 is 0. The van der Waals surface area contributed by atoms with Crippen LogP contribution < -0.4 is 0 Å². The first-order chi connectivity index (χ1) is 11.3. The van der Waals surface area contributed by atoms with Gasteiger partial charge in [-0.05, 0) is 39.8 Å². The quantitative estimate of drug-likeness (QED) is 0.407. The van der Waals surface area contributed by atoms with Gasteiger partial charge in [-0.15, -0.1) is 26.3 Å². The van der Waals surface area contributed by atoms with Crippen molar-refractivity contribution >= 4 is 12.3 Å². The molecule has 0 radical (unpaired) electrons. The number of phenols is 1. The average Bonchev–Trinajstić information content (AvgIpc) is 2.52. The predicted octanol–water partition coefficient (Wildman–Crippen LogP) is 5.43. The van der Waals surface area contributed by atoms with Gasteiger partial charge in [0.05, 0.1) is 0 Å². The Morgan fingerprint density at radius 3 is 1.12 bits per heavy atom. The Kier molecular flexibility index (Phi) is 58.6. The number of carbonyl (C=O) groups excluding carboxylic acids is 1. The predicted molar refractivity (Wildman–Crippen MR) is 105 cm³/mol. The van der Waals surface area contributed by atoms with Crippen molar-refractivity contribution in [2.75, 3.05) is 0 Å². The highest BCUT2D eigenvalue weighted by Crippen LogP contribution is 2.02. The number of hydrogen-bond acceptors (Lipinski definition) is 3. The van der Waals surface area contributed by atoms with Gasteiger partial charge in [-0.25, -0.2) is 4.79 Å². The Balaban J connectivity index is -0.0000000635. The lowest BCUT2D eigenvalue weighted by Gasteiger charge is -1.82. The minimum Gasteiger partial charge on any atom is -0.508 e. The molecule has 0 aliphatic heterocycles. The van der Waals surface area contributed by atoms with E-state index in [0.717, 1.165) is 0 Å². The van der Waals surface area contributed by atoms with Crippen LogP contribution in [0, 0.1) is 0 Å². The van der Waals surface area contributed by atoms with E-state index >= 15 is 0 Å². The van der Waals surface area contributed by atoms with Gasteiger partial charge in [0.15, 0.2) is 0 Å². The highest BCUT2D eigenvalue weighted by atomic mass is 16.4. The van der Waals surface area contributed by atoms with Crippen molar-refractivity contribution in [3.8, 4) is 5.75 Å². The standard InChI is InChI=1S/C6H6O.4C3H6.C2H2O3/c7-6-4-2-1-3-5-6;4*1-3-2;3-1-2(4)5/h1-5,7H;4*3H,1H2,2H3;1H,(H,4,5). The Labute approximate surface area is 147 Å². The smallest absolute Gasteiger partial charge is 0.368 e. The second kappa shape index (κ2) is 42.7. The first kappa shape index (κ1) is 32.9. The van der Waals surface area contributed by atoms with Crippen LogP contribution in [0.2, 0.25) is 0 Å². The third-order valence-electron chi connectivity index (χ3n) is 0.857. The van der Waals surface area contributed by atoms with Crippen LogP contribution in [-0.4, -0.2) is 22.5 Å². The van der Waals surface area contributed by atoms with Gasteiger partial charge in [-0.3, -0.25) is 4.79 Å². The summed E-state index contributed by atoms with van der Waals surface area (Å²) in [5, 5.41) is 16.0. The number of benzene rings is 1. The maximum atomic E-state index is 9.00. The van der Waals surface area contributed by atoms with Crippen molar-refractivity contribution in [3.05, 3.63) is 81.0 Å². The Hall–Kier alpha value is -2.88. The molecule has 1 aromatic carbocycles. The molecule has 0 heterocycles. The van der Waals surface area contributed by atoms with Crippen LogP contribution in [0.25, 0.3) is 0 Å². The molecule has 0 spiro atoms. The minimum atomic E-state index is -1.43. The van der Waals surface area contributed by atoms with E-state index < -0.39 is 5.97 Å². The number of aldehydes is 1. The van der Waals surface area contributed by atoms with E-state index in [0.29, 0.717) is 5.75 Å². The van der Waals surface area contributed by atoms with Crippen LogP contribution in [0.5, 0.6) is 5.75 Å². The number of rotatable bonds is 1. The van der Waals surface area contributed by atoms with E-state index in [-0.39, 0.29) is 6.29 Å². The molecule has 0 unspecified atom stereocenters. The van der Waals surface area contributed by atoms with Crippen molar-refractivity contribution in [2.24, 2.45) is 0 Å². The summed E-state index contributed by atoms with van der Waals surface area (Å²) in [6.07, 6.45) is 6.83. The molecule has 0 saturated heterocycles. The molecule has 136 valence electrons. The molecule has 0 bridgehead atoms. The maximum absolute atomic E-state index is 9.00. The summed E-state index contributed by atoms with van der Waals surface area (Å²) in [5.74, 6) is -1.10. The number of phenolic OH excluding ortho intramolecular Hbond substituents is 1. The number of hydrogen-bond donors (Lipinski definition) is 2. The topological polar surface area (TPSA) is 74.6 Å². The number of allylic oxidation sites excluding steroid dienone is 4. The monoisotopic (exact) mass is 336 g/mol. The lowest BCUT2D eigenvalue weighted by atomic mass is 10.3. The molecule has 1 rings (SSSR count). The third kappa shape index (κ3) is 124. The lowest BCUT2D eigenvalue weighted by Crippen LogP contribution is -1.91. The first-order valence-electron chi connectivity index (χ1n) is 7.03. The molecule has 0 fully saturated rings. The maximum Gasteiger partial charge on any atom is 0.368 e. The van der Waals surface area contributed by atoms with Crippen LogP contribution in [0.4, 0.5) is 0 Å². The van der Waals surface area contributed by atoms with Gasteiger partial charge in [0.2, 0.25) is 6.29 Å². The number of carbonyl (C=O) groups is 2. The summed E-state index contributed by atoms with van der Waals surface area (Å²) in [6, 6.07) is 8.71. The van der Waals surface area contributed by atoms with E-state index in [1.165, 1.54) is 0 Å². The van der Waals surface area contributed by atoms with E-state index in [4.69, 9.17) is 19.8 Å². The summed E-state index contributed by atoms with van der Waals surface area (Å²) in [4.78, 5) is 17.9. The molecule has 0 aliphatic rings. The molecule has 1 aromatic rings. The third-order valence-corrected chi connectivity index (χ3v) is 0.857. The van der Waals surface area contributed by atoms with E-state index in [2.05, 4.69) is 26.3 Å². The van der Waals surface area contributed by atoms with Crippen molar-refractivity contribution in [3.63, 3.8) is 0 Å². The first-order valence-corrected chi connectivity index (χ1v) is 7.03. The molecule has 0 saturated carbocycles. The van der Waals surface area contributed by atoms with Crippen LogP contribution >= 0.6 is 0 Å². The van der Waals surface area contributed by atoms with Crippen molar-refractivity contribution in [2.45, 2.75) is 27.7 Å². The van der Waals surface area contributed by atoms with E-state index in [9.17, 15) is 0 Å². The molecule has 24 heavy (non-hydrogen) atoms. The second-order valence-electron chi connectivity index (χ2n) is 3.42. The van der Waals surface area contributed by atoms with Gasteiger partial charge in [0.1, 0.15) is 5.75 Å². The average molecular weight is 336 g/mol. The lowest BCUT2D eigenvalue weighted by molar-refractivity contribution is -0.143. The molecule has 0 aliphatic carbocycles. The van der Waals surface area contributed by atoms with Crippen LogP contribution in [0.3, 0.4) is 0 Å². The molecule has 0 amide bonds. The Morgan fingerprint density at radius 1 is 0.833 bits per heavy atom. The second-order valence-corrected chi connectivity index (χ2v) is 3.42. The highest BCUT2D eigenvalue weighted by molar-refractivity contribution is 6.19. The summed E-state index contributed by atoms with van der Waals surface area (Å²) in [6.45, 7) is 21.0. The zero-order valence-corrected chi connectivity index (χ0v) is 15.3. The van der Waals surface area contributed by atoms with Crippen LogP contribution in [0.1, 0.15) is 27.7 Å². The number of aromatic hydroxyl groups is 1. The Bertz CT molecular complexity index is 371. The molecule has 0 aromatic heterocycles. The van der Waals surface area contributed by atoms with Gasteiger partial charge >= 0.3 is 5.97 Å². The number of carboxylic acids is 1. The number of carboxylic acid groups (broad SMARTS) is 1. The zero-order valence-electron chi connectivity index (χ0n) is 15.3. The molecule has 4 heteroatoms. The van der Waals surface area contributed by atoms with Gasteiger partial charge in [0.25, 0.3) is 0 Å². The van der Waals surface area contributed by atoms with E-state index in [1.807, 2.05) is 33.8 Å². The van der Waals surface area contributed by atoms with Crippen LogP contribution in [0.15, 0.2) is 81.0 Å². The number of para-hydroxylation sites is 1. The van der Waals surface area contributed by atoms with Gasteiger partial charge in [-0.1, -0.05) is 42.5 Å². The fourth-order valence-corrected chi connectivity index (χ4v) is 0.428. The molecular formula is C20H32O4. The minimum absolute atomic E-state index is 0.167. The highest BCUT2D eigenvalue weighted by Gasteiger charge is 1.80. The van der Waals surface area contributed by atoms with Crippen molar-refractivity contribution in [1.82, 2.24) is 0 Å². The van der Waals surface area contributed by atoms with Gasteiger partial charge in [-0.2, -0.15) is 0 Å². The van der Waals surface area contributed by atoms with Crippen molar-refractivity contribution < 1.29 is 19.8 Å². The normalized spacial score (nSPS) is 6.00. The fraction of sp³-hybridized carbons (Fsp3) is 0.200. The summed E-state index contributed by atoms with van der Waals surface area (Å²) in [7, 11) is 0. The molecule has 4 nitrogen and oxygen atoms in total. The SMILES string of the molecule is C=CC.C=CC.C=CC.C=CC.O=CC(=O)O.Oc1ccccc1. The Morgan fingerprint density at radius 2 is 1.04 bits per heavy atom. The summed E-state index contributed by atoms with van der Waals surface area (Å²) in [5.41, 5.74) is 0. The number of aliphatic carboxylic acids is 1. The summed E-state index contributed by atoms with van der Waals surface area (Å²) < 4.78 is 0.